The maximum absolute atomic E-state index is 11.5. The monoisotopic (exact) mass is 260 g/mol. The van der Waals surface area contributed by atoms with E-state index in [1.807, 2.05) is 0 Å². The number of carbonyl (C=O) groups excluding carboxylic acids is 1. The number of hydrogen-bond donors (Lipinski definition) is 0. The Balaban J connectivity index is 2.68. The molecule has 102 valence electrons. The molecule has 0 unspecified atom stereocenters. The van der Waals surface area contributed by atoms with Gasteiger partial charge in [-0.3, -0.25) is 4.79 Å². The Kier molecular flexibility index (Phi) is 4.36. The first kappa shape index (κ1) is 15.0. The van der Waals surface area contributed by atoms with Gasteiger partial charge in [-0.05, 0) is 38.2 Å². The predicted octanol–water partition coefficient (Wildman–Crippen LogP) is 3.78. The molecule has 2 nitrogen and oxygen atoms in total. The second-order valence-electron chi connectivity index (χ2n) is 6.74. The van der Waals surface area contributed by atoms with Crippen molar-refractivity contribution in [1.29, 1.82) is 0 Å². The van der Waals surface area contributed by atoms with Gasteiger partial charge in [0.2, 0.25) is 0 Å². The molecule has 0 aromatic carbocycles. The molecular weight excluding hydrogens is 232 g/mol. The van der Waals surface area contributed by atoms with E-state index in [0.29, 0.717) is 11.7 Å². The lowest BCUT2D eigenvalue weighted by atomic mass is 10.0. The zero-order valence-corrected chi connectivity index (χ0v) is 13.2. The Morgan fingerprint density at radius 3 is 2.12 bits per heavy atom. The van der Waals surface area contributed by atoms with E-state index in [0.717, 1.165) is 12.8 Å². The molecule has 0 spiro atoms. The molecule has 1 rings (SSSR count). The molecule has 0 N–H and O–H groups in total. The summed E-state index contributed by atoms with van der Waals surface area (Å²) in [5.41, 5.74) is 0. The highest BCUT2D eigenvalue weighted by atomic mass is 32.3. The van der Waals surface area contributed by atoms with Crippen molar-refractivity contribution in [2.45, 2.75) is 58.3 Å². The lowest BCUT2D eigenvalue weighted by Gasteiger charge is -2.46. The van der Waals surface area contributed by atoms with Crippen molar-refractivity contribution < 1.29 is 8.98 Å². The third-order valence-electron chi connectivity index (χ3n) is 4.22. The highest BCUT2D eigenvalue weighted by Gasteiger charge is 2.39. The van der Waals surface area contributed by atoms with E-state index < -0.39 is 10.3 Å². The average molecular weight is 260 g/mol. The Labute approximate surface area is 108 Å². The highest BCUT2D eigenvalue weighted by Crippen LogP contribution is 2.56. The van der Waals surface area contributed by atoms with E-state index in [2.05, 4.69) is 40.2 Å². The normalized spacial score (nSPS) is 31.6. The van der Waals surface area contributed by atoms with Gasteiger partial charge in [0.05, 0.1) is 6.10 Å². The maximum atomic E-state index is 11.5. The van der Waals surface area contributed by atoms with Gasteiger partial charge in [0.1, 0.15) is 5.78 Å². The van der Waals surface area contributed by atoms with E-state index in [9.17, 15) is 4.79 Å². The molecule has 0 radical (unpaired) electrons. The Morgan fingerprint density at radius 2 is 1.76 bits per heavy atom. The quantitative estimate of drug-likeness (QED) is 0.772. The van der Waals surface area contributed by atoms with Crippen LogP contribution in [0.25, 0.3) is 0 Å². The van der Waals surface area contributed by atoms with Gasteiger partial charge in [0.25, 0.3) is 0 Å². The summed E-state index contributed by atoms with van der Waals surface area (Å²) in [7, 11) is -1.07. The van der Waals surface area contributed by atoms with Gasteiger partial charge in [0, 0.05) is 10.7 Å². The molecule has 3 heteroatoms. The van der Waals surface area contributed by atoms with Crippen LogP contribution in [0.1, 0.15) is 47.5 Å². The van der Waals surface area contributed by atoms with Crippen molar-refractivity contribution in [3.05, 3.63) is 0 Å². The van der Waals surface area contributed by atoms with Crippen LogP contribution in [0.4, 0.5) is 0 Å². The maximum Gasteiger partial charge on any atom is 0.133 e. The van der Waals surface area contributed by atoms with Crippen molar-refractivity contribution in [3.8, 4) is 0 Å². The van der Waals surface area contributed by atoms with Crippen LogP contribution >= 0.6 is 10.3 Å². The predicted molar refractivity (Wildman–Crippen MR) is 76.6 cm³/mol. The fourth-order valence-corrected chi connectivity index (χ4v) is 3.30. The molecule has 1 saturated carbocycles. The lowest BCUT2D eigenvalue weighted by Crippen LogP contribution is -2.30. The molecular formula is C14H28O2S. The van der Waals surface area contributed by atoms with Crippen molar-refractivity contribution in [2.75, 3.05) is 12.5 Å². The Bertz CT molecular complexity index is 291. The van der Waals surface area contributed by atoms with Crippen molar-refractivity contribution in [1.82, 2.24) is 0 Å². The van der Waals surface area contributed by atoms with Gasteiger partial charge in [-0.25, -0.2) is 0 Å². The molecule has 1 aliphatic rings. The summed E-state index contributed by atoms with van der Waals surface area (Å²) in [5.74, 6) is 1.06. The second kappa shape index (κ2) is 4.93. The van der Waals surface area contributed by atoms with Gasteiger partial charge in [-0.1, -0.05) is 27.7 Å². The van der Waals surface area contributed by atoms with Gasteiger partial charge in [-0.2, -0.15) is 0 Å². The summed E-state index contributed by atoms with van der Waals surface area (Å²) in [6, 6.07) is 0. The molecule has 0 aliphatic heterocycles. The van der Waals surface area contributed by atoms with E-state index in [4.69, 9.17) is 4.18 Å². The number of Topliss-reactive ketones (excluding diaryl/α,β-unsaturated/α-hetero) is 1. The topological polar surface area (TPSA) is 26.3 Å². The number of hydrogen-bond acceptors (Lipinski definition) is 2. The van der Waals surface area contributed by atoms with Crippen LogP contribution in [-0.4, -0.2) is 29.1 Å². The molecule has 0 bridgehead atoms. The largest absolute Gasteiger partial charge is 0.333 e. The minimum atomic E-state index is -1.07. The SMILES string of the molecule is CC(=O)[C@H]1C[C@@H](C)[C@@H](OS(C)(C)C(C)(C)C)C1. The summed E-state index contributed by atoms with van der Waals surface area (Å²) >= 11 is 0. The zero-order valence-electron chi connectivity index (χ0n) is 12.4. The summed E-state index contributed by atoms with van der Waals surface area (Å²) in [4.78, 5) is 11.5. The van der Waals surface area contributed by atoms with Gasteiger partial charge >= 0.3 is 0 Å². The van der Waals surface area contributed by atoms with Crippen LogP contribution in [0.5, 0.6) is 0 Å². The van der Waals surface area contributed by atoms with Crippen LogP contribution in [-0.2, 0) is 8.98 Å². The van der Waals surface area contributed by atoms with E-state index >= 15 is 0 Å². The van der Waals surface area contributed by atoms with E-state index in [-0.39, 0.29) is 16.8 Å². The molecule has 1 fully saturated rings. The highest BCUT2D eigenvalue weighted by molar-refractivity contribution is 8.29. The average Bonchev–Trinajstić information content (AvgIpc) is 2.45. The van der Waals surface area contributed by atoms with Crippen molar-refractivity contribution in [2.24, 2.45) is 11.8 Å². The van der Waals surface area contributed by atoms with Crippen LogP contribution in [0, 0.1) is 11.8 Å². The Morgan fingerprint density at radius 1 is 1.24 bits per heavy atom. The summed E-state index contributed by atoms with van der Waals surface area (Å²) in [5, 5.41) is 0. The number of rotatable bonds is 3. The molecule has 17 heavy (non-hydrogen) atoms. The third kappa shape index (κ3) is 3.47. The fraction of sp³-hybridized carbons (Fsp3) is 0.929. The summed E-state index contributed by atoms with van der Waals surface area (Å²) < 4.78 is 6.58. The summed E-state index contributed by atoms with van der Waals surface area (Å²) in [6.07, 6.45) is 6.66. The molecule has 0 saturated heterocycles. The molecule has 0 heterocycles. The van der Waals surface area contributed by atoms with Gasteiger partial charge < -0.3 is 4.18 Å². The first-order valence-electron chi connectivity index (χ1n) is 6.46. The molecule has 1 aliphatic carbocycles. The molecule has 0 aromatic rings. The smallest absolute Gasteiger partial charge is 0.133 e. The van der Waals surface area contributed by atoms with Gasteiger partial charge in [-0.15, -0.1) is 10.3 Å². The fourth-order valence-electron chi connectivity index (χ4n) is 2.13. The molecule has 0 amide bonds. The Hall–Kier alpha value is -0.0200. The van der Waals surface area contributed by atoms with Crippen LogP contribution in [0.15, 0.2) is 0 Å². The van der Waals surface area contributed by atoms with Crippen LogP contribution < -0.4 is 0 Å². The van der Waals surface area contributed by atoms with Crippen molar-refractivity contribution >= 4 is 16.1 Å². The van der Waals surface area contributed by atoms with Crippen LogP contribution in [0.3, 0.4) is 0 Å². The zero-order chi connectivity index (χ0) is 13.4. The molecule has 0 aromatic heterocycles. The first-order valence-corrected chi connectivity index (χ1v) is 8.83. The minimum Gasteiger partial charge on any atom is -0.333 e. The lowest BCUT2D eigenvalue weighted by molar-refractivity contribution is -0.120. The standard InChI is InChI=1S/C14H28O2S/c1-10-8-12(11(2)15)9-13(10)16-17(6,7)14(3,4)5/h10,12-13H,8-9H2,1-7H3/t10-,12+,13+/m1/s1. The number of ketones is 1. The van der Waals surface area contributed by atoms with Gasteiger partial charge in [0.15, 0.2) is 0 Å². The van der Waals surface area contributed by atoms with Crippen LogP contribution in [0.2, 0.25) is 0 Å². The first-order chi connectivity index (χ1) is 7.54. The third-order valence-corrected chi connectivity index (χ3v) is 7.90. The van der Waals surface area contributed by atoms with Crippen molar-refractivity contribution in [3.63, 3.8) is 0 Å². The number of carbonyl (C=O) groups is 1. The van der Waals surface area contributed by atoms with E-state index in [1.54, 1.807) is 6.92 Å². The molecule has 3 atom stereocenters. The minimum absolute atomic E-state index is 0.195. The van der Waals surface area contributed by atoms with E-state index in [1.165, 1.54) is 0 Å². The summed E-state index contributed by atoms with van der Waals surface area (Å²) in [6.45, 7) is 10.6. The second-order valence-corrected chi connectivity index (χ2v) is 10.6.